The number of aromatic amines is 1. The highest BCUT2D eigenvalue weighted by atomic mass is 15.2. The zero-order valence-electron chi connectivity index (χ0n) is 12.2. The van der Waals surface area contributed by atoms with Gasteiger partial charge in [-0.3, -0.25) is 4.90 Å². The molecule has 0 spiro atoms. The number of aromatic nitrogens is 2. The number of fused-ring (bicyclic) bond motifs is 1. The first kappa shape index (κ1) is 13.1. The molecule has 0 radical (unpaired) electrons. The number of nitrogens with zero attached hydrogens (tertiary/aromatic N) is 2. The summed E-state index contributed by atoms with van der Waals surface area (Å²) in [5.41, 5.74) is 2.61. The Balaban J connectivity index is 1.70. The maximum absolute atomic E-state index is 4.82. The number of hydrogen-bond acceptors (Lipinski definition) is 3. The van der Waals surface area contributed by atoms with Gasteiger partial charge in [-0.15, -0.1) is 0 Å². The molecular weight excluding hydrogens is 236 g/mol. The Morgan fingerprint density at radius 1 is 1.37 bits per heavy atom. The smallest absolute Gasteiger partial charge is 0.108 e. The van der Waals surface area contributed by atoms with E-state index < -0.39 is 0 Å². The third kappa shape index (κ3) is 2.84. The normalized spacial score (nSPS) is 24.7. The van der Waals surface area contributed by atoms with Crippen molar-refractivity contribution in [3.63, 3.8) is 0 Å². The topological polar surface area (TPSA) is 44.0 Å². The lowest BCUT2D eigenvalue weighted by molar-refractivity contribution is 0.110. The van der Waals surface area contributed by atoms with Gasteiger partial charge in [0.15, 0.2) is 0 Å². The second-order valence-corrected chi connectivity index (χ2v) is 6.22. The van der Waals surface area contributed by atoms with Gasteiger partial charge in [0.25, 0.3) is 0 Å². The van der Waals surface area contributed by atoms with Crippen LogP contribution in [-0.2, 0) is 19.4 Å². The lowest BCUT2D eigenvalue weighted by Gasteiger charge is -2.38. The van der Waals surface area contributed by atoms with E-state index in [1.165, 1.54) is 43.0 Å². The monoisotopic (exact) mass is 262 g/mol. The fourth-order valence-electron chi connectivity index (χ4n) is 3.52. The van der Waals surface area contributed by atoms with Gasteiger partial charge in [0.2, 0.25) is 0 Å². The summed E-state index contributed by atoms with van der Waals surface area (Å²) in [5.74, 6) is 1.20. The molecule has 2 N–H and O–H groups in total. The molecule has 2 aliphatic rings. The van der Waals surface area contributed by atoms with Crippen LogP contribution in [0, 0.1) is 0 Å². The highest BCUT2D eigenvalue weighted by Gasteiger charge is 2.26. The van der Waals surface area contributed by atoms with Crippen LogP contribution in [0.1, 0.15) is 50.3 Å². The average molecular weight is 262 g/mol. The third-order valence-corrected chi connectivity index (χ3v) is 4.52. The van der Waals surface area contributed by atoms with Gasteiger partial charge in [-0.25, -0.2) is 4.98 Å². The fraction of sp³-hybridized carbons (Fsp3) is 0.800. The fourth-order valence-corrected chi connectivity index (χ4v) is 3.52. The van der Waals surface area contributed by atoms with E-state index >= 15 is 0 Å². The van der Waals surface area contributed by atoms with Gasteiger partial charge in [-0.05, 0) is 33.2 Å². The standard InChI is InChI=1S/C15H26N4/c1-11(2)19-8-4-3-5-12(19)9-15-17-13-6-7-16-10-14(13)18-15/h11-12,16H,3-10H2,1-2H3,(H,17,18). The maximum Gasteiger partial charge on any atom is 0.108 e. The van der Waals surface area contributed by atoms with Crippen LogP contribution in [-0.4, -0.2) is 40.0 Å². The van der Waals surface area contributed by atoms with E-state index in [1.807, 2.05) is 0 Å². The van der Waals surface area contributed by atoms with Crippen molar-refractivity contribution in [3.8, 4) is 0 Å². The second kappa shape index (κ2) is 5.63. The molecule has 106 valence electrons. The van der Waals surface area contributed by atoms with Crippen LogP contribution in [0.5, 0.6) is 0 Å². The SMILES string of the molecule is CC(C)N1CCCCC1Cc1nc2c([nH]1)CNCC2. The van der Waals surface area contributed by atoms with Gasteiger partial charge in [-0.1, -0.05) is 6.42 Å². The summed E-state index contributed by atoms with van der Waals surface area (Å²) in [5, 5.41) is 3.40. The first-order chi connectivity index (χ1) is 9.24. The Kier molecular flexibility index (Phi) is 3.89. The zero-order chi connectivity index (χ0) is 13.2. The van der Waals surface area contributed by atoms with E-state index in [9.17, 15) is 0 Å². The summed E-state index contributed by atoms with van der Waals surface area (Å²) in [4.78, 5) is 11.0. The molecule has 4 heteroatoms. The molecule has 0 amide bonds. The third-order valence-electron chi connectivity index (χ3n) is 4.52. The largest absolute Gasteiger partial charge is 0.345 e. The molecule has 1 aromatic heterocycles. The van der Waals surface area contributed by atoms with E-state index in [4.69, 9.17) is 4.98 Å². The van der Waals surface area contributed by atoms with Crippen LogP contribution < -0.4 is 5.32 Å². The summed E-state index contributed by atoms with van der Waals surface area (Å²) in [6, 6.07) is 1.32. The van der Waals surface area contributed by atoms with Crippen molar-refractivity contribution in [3.05, 3.63) is 17.2 Å². The van der Waals surface area contributed by atoms with Crippen LogP contribution in [0.25, 0.3) is 0 Å². The number of likely N-dealkylation sites (tertiary alicyclic amines) is 1. The number of piperidine rings is 1. The highest BCUT2D eigenvalue weighted by Crippen LogP contribution is 2.23. The molecule has 1 unspecified atom stereocenters. The van der Waals surface area contributed by atoms with Crippen molar-refractivity contribution in [2.45, 2.75) is 64.6 Å². The van der Waals surface area contributed by atoms with Crippen LogP contribution in [0.3, 0.4) is 0 Å². The Hall–Kier alpha value is -0.870. The maximum atomic E-state index is 4.82. The minimum absolute atomic E-state index is 0.650. The van der Waals surface area contributed by atoms with E-state index in [0.717, 1.165) is 25.9 Å². The minimum atomic E-state index is 0.650. The Bertz CT molecular complexity index is 400. The van der Waals surface area contributed by atoms with Gasteiger partial charge in [0.05, 0.1) is 11.4 Å². The predicted octanol–water partition coefficient (Wildman–Crippen LogP) is 1.86. The van der Waals surface area contributed by atoms with Crippen molar-refractivity contribution in [2.75, 3.05) is 13.1 Å². The van der Waals surface area contributed by atoms with Crippen LogP contribution in [0.15, 0.2) is 0 Å². The molecule has 3 rings (SSSR count). The number of nitrogens with one attached hydrogen (secondary N) is 2. The lowest BCUT2D eigenvalue weighted by Crippen LogP contribution is -2.45. The molecule has 19 heavy (non-hydrogen) atoms. The van der Waals surface area contributed by atoms with Crippen LogP contribution in [0.2, 0.25) is 0 Å². The van der Waals surface area contributed by atoms with Crippen molar-refractivity contribution in [2.24, 2.45) is 0 Å². The number of rotatable bonds is 3. The van der Waals surface area contributed by atoms with Gasteiger partial charge in [-0.2, -0.15) is 0 Å². The van der Waals surface area contributed by atoms with Gasteiger partial charge >= 0.3 is 0 Å². The first-order valence-electron chi connectivity index (χ1n) is 7.77. The molecule has 0 saturated carbocycles. The summed E-state index contributed by atoms with van der Waals surface area (Å²) >= 11 is 0. The molecule has 1 atom stereocenters. The molecule has 0 aromatic carbocycles. The Morgan fingerprint density at radius 2 is 2.26 bits per heavy atom. The quantitative estimate of drug-likeness (QED) is 0.874. The molecule has 0 bridgehead atoms. The summed E-state index contributed by atoms with van der Waals surface area (Å²) < 4.78 is 0. The second-order valence-electron chi connectivity index (χ2n) is 6.22. The molecule has 0 aliphatic carbocycles. The summed E-state index contributed by atoms with van der Waals surface area (Å²) in [7, 11) is 0. The zero-order valence-corrected chi connectivity index (χ0v) is 12.2. The molecule has 4 nitrogen and oxygen atoms in total. The van der Waals surface area contributed by atoms with Gasteiger partial charge in [0.1, 0.15) is 5.82 Å². The van der Waals surface area contributed by atoms with Crippen LogP contribution in [0.4, 0.5) is 0 Å². The number of hydrogen-bond donors (Lipinski definition) is 2. The van der Waals surface area contributed by atoms with E-state index in [0.29, 0.717) is 12.1 Å². The summed E-state index contributed by atoms with van der Waals surface area (Å²) in [6.45, 7) is 7.91. The highest BCUT2D eigenvalue weighted by molar-refractivity contribution is 5.18. The Morgan fingerprint density at radius 3 is 3.05 bits per heavy atom. The van der Waals surface area contributed by atoms with Crippen LogP contribution >= 0.6 is 0 Å². The summed E-state index contributed by atoms with van der Waals surface area (Å²) in [6.07, 6.45) is 6.21. The average Bonchev–Trinajstić information content (AvgIpc) is 2.81. The predicted molar refractivity (Wildman–Crippen MR) is 77.2 cm³/mol. The van der Waals surface area contributed by atoms with Crippen molar-refractivity contribution in [1.29, 1.82) is 0 Å². The van der Waals surface area contributed by atoms with E-state index in [2.05, 4.69) is 29.0 Å². The molecule has 2 aliphatic heterocycles. The molecule has 1 fully saturated rings. The molecule has 1 aromatic rings. The molecular formula is C15H26N4. The van der Waals surface area contributed by atoms with Gasteiger partial charge < -0.3 is 10.3 Å². The number of H-pyrrole nitrogens is 1. The van der Waals surface area contributed by atoms with Crippen molar-refractivity contribution >= 4 is 0 Å². The lowest BCUT2D eigenvalue weighted by atomic mass is 9.97. The molecule has 3 heterocycles. The first-order valence-corrected chi connectivity index (χ1v) is 7.77. The number of imidazole rings is 1. The van der Waals surface area contributed by atoms with Crippen molar-refractivity contribution in [1.82, 2.24) is 20.2 Å². The molecule has 1 saturated heterocycles. The van der Waals surface area contributed by atoms with E-state index in [-0.39, 0.29) is 0 Å². The Labute approximate surface area is 116 Å². The van der Waals surface area contributed by atoms with Crippen molar-refractivity contribution < 1.29 is 0 Å². The minimum Gasteiger partial charge on any atom is -0.345 e. The van der Waals surface area contributed by atoms with Gasteiger partial charge in [0, 0.05) is 38.0 Å². The van der Waals surface area contributed by atoms with E-state index in [1.54, 1.807) is 0 Å².